The predicted molar refractivity (Wildman–Crippen MR) is 128 cm³/mol. The maximum Gasteiger partial charge on any atom is 0.419 e. The fourth-order valence-corrected chi connectivity index (χ4v) is 3.75. The predicted octanol–water partition coefficient (Wildman–Crippen LogP) is 6.11. The number of ether oxygens (including phenoxy) is 2. The molecule has 166 valence electrons. The van der Waals surface area contributed by atoms with Gasteiger partial charge in [0.1, 0.15) is 6.61 Å². The Morgan fingerprint density at radius 1 is 0.758 bits per heavy atom. The van der Waals surface area contributed by atoms with Gasteiger partial charge in [0.25, 0.3) is 0 Å². The van der Waals surface area contributed by atoms with Crippen molar-refractivity contribution in [2.24, 2.45) is 0 Å². The highest BCUT2D eigenvalue weighted by atomic mass is 16.5. The van der Waals surface area contributed by atoms with E-state index in [1.165, 1.54) is 4.57 Å². The molecule has 1 aromatic heterocycles. The number of carbonyl (C=O) groups excluding carboxylic acids is 2. The van der Waals surface area contributed by atoms with Gasteiger partial charge in [-0.2, -0.15) is 0 Å². The van der Waals surface area contributed by atoms with Crippen molar-refractivity contribution in [3.63, 3.8) is 0 Å². The Morgan fingerprint density at radius 2 is 1.33 bits per heavy atom. The molecular weight excluding hydrogens is 414 g/mol. The first-order chi connectivity index (χ1) is 16.2. The molecule has 0 unspecified atom stereocenters. The van der Waals surface area contributed by atoms with Crippen LogP contribution in [-0.2, 0) is 27.3 Å². The molecule has 0 aliphatic heterocycles. The molecule has 0 atom stereocenters. The molecule has 3 aromatic carbocycles. The van der Waals surface area contributed by atoms with Gasteiger partial charge in [0.05, 0.1) is 18.7 Å². The van der Waals surface area contributed by atoms with E-state index >= 15 is 0 Å². The van der Waals surface area contributed by atoms with Crippen LogP contribution in [0.2, 0.25) is 0 Å². The van der Waals surface area contributed by atoms with Crippen LogP contribution in [0, 0.1) is 0 Å². The first kappa shape index (κ1) is 22.1. The van der Waals surface area contributed by atoms with Gasteiger partial charge in [-0.05, 0) is 29.7 Å². The van der Waals surface area contributed by atoms with Crippen LogP contribution in [0.25, 0.3) is 22.4 Å². The third-order valence-electron chi connectivity index (χ3n) is 5.26. The van der Waals surface area contributed by atoms with Crippen LogP contribution in [0.1, 0.15) is 18.2 Å². The highest BCUT2D eigenvalue weighted by Crippen LogP contribution is 2.34. The second-order valence-electron chi connectivity index (χ2n) is 7.48. The Labute approximate surface area is 193 Å². The number of rotatable bonds is 7. The van der Waals surface area contributed by atoms with Crippen LogP contribution in [-0.4, -0.2) is 23.2 Å². The number of esters is 1. The summed E-state index contributed by atoms with van der Waals surface area (Å²) in [5.41, 5.74) is 4.63. The van der Waals surface area contributed by atoms with E-state index in [0.29, 0.717) is 11.4 Å². The van der Waals surface area contributed by atoms with E-state index in [2.05, 4.69) is 0 Å². The Balaban J connectivity index is 1.82. The molecule has 5 heteroatoms. The van der Waals surface area contributed by atoms with Crippen molar-refractivity contribution in [2.75, 3.05) is 6.61 Å². The number of hydrogen-bond acceptors (Lipinski definition) is 4. The maximum absolute atomic E-state index is 13.4. The zero-order valence-electron chi connectivity index (χ0n) is 18.4. The molecule has 0 aliphatic rings. The molecular formula is C28H25NO4. The van der Waals surface area contributed by atoms with Gasteiger partial charge in [-0.25, -0.2) is 9.36 Å². The summed E-state index contributed by atoms with van der Waals surface area (Å²) in [7, 11) is 0. The molecule has 5 nitrogen and oxygen atoms in total. The zero-order valence-corrected chi connectivity index (χ0v) is 18.4. The van der Waals surface area contributed by atoms with Crippen molar-refractivity contribution in [1.29, 1.82) is 0 Å². The second kappa shape index (κ2) is 10.5. The van der Waals surface area contributed by atoms with E-state index in [0.717, 1.165) is 22.3 Å². The van der Waals surface area contributed by atoms with Gasteiger partial charge in [0, 0.05) is 11.3 Å². The largest absolute Gasteiger partial charge is 0.466 e. The van der Waals surface area contributed by atoms with Crippen molar-refractivity contribution in [2.45, 2.75) is 20.0 Å². The smallest absolute Gasteiger partial charge is 0.419 e. The number of nitrogens with zero attached hydrogens (tertiary/aromatic N) is 1. The highest BCUT2D eigenvalue weighted by Gasteiger charge is 2.25. The lowest BCUT2D eigenvalue weighted by atomic mass is 10.0. The average Bonchev–Trinajstić information content (AvgIpc) is 3.23. The first-order valence-electron chi connectivity index (χ1n) is 10.9. The quantitative estimate of drug-likeness (QED) is 0.326. The molecule has 0 bridgehead atoms. The van der Waals surface area contributed by atoms with E-state index in [1.807, 2.05) is 97.1 Å². The van der Waals surface area contributed by atoms with Crippen molar-refractivity contribution in [1.82, 2.24) is 4.57 Å². The molecule has 1 heterocycles. The van der Waals surface area contributed by atoms with Gasteiger partial charge in [0.2, 0.25) is 0 Å². The maximum atomic E-state index is 13.4. The van der Waals surface area contributed by atoms with E-state index in [4.69, 9.17) is 9.47 Å². The van der Waals surface area contributed by atoms with Gasteiger partial charge >= 0.3 is 12.1 Å². The summed E-state index contributed by atoms with van der Waals surface area (Å²) < 4.78 is 12.4. The van der Waals surface area contributed by atoms with Crippen LogP contribution in [0.5, 0.6) is 0 Å². The van der Waals surface area contributed by atoms with Crippen LogP contribution in [0.3, 0.4) is 0 Å². The normalized spacial score (nSPS) is 10.6. The van der Waals surface area contributed by atoms with Gasteiger partial charge < -0.3 is 9.47 Å². The first-order valence-corrected chi connectivity index (χ1v) is 10.9. The van der Waals surface area contributed by atoms with Crippen molar-refractivity contribution < 1.29 is 19.1 Å². The minimum absolute atomic E-state index is 0.0503. The lowest BCUT2D eigenvalue weighted by molar-refractivity contribution is -0.142. The van der Waals surface area contributed by atoms with Crippen LogP contribution in [0.15, 0.2) is 97.1 Å². The third-order valence-corrected chi connectivity index (χ3v) is 5.26. The molecule has 4 aromatic rings. The average molecular weight is 440 g/mol. The monoisotopic (exact) mass is 439 g/mol. The summed E-state index contributed by atoms with van der Waals surface area (Å²) in [4.78, 5) is 25.9. The lowest BCUT2D eigenvalue weighted by Gasteiger charge is -2.14. The van der Waals surface area contributed by atoms with Gasteiger partial charge in [-0.3, -0.25) is 4.79 Å². The highest BCUT2D eigenvalue weighted by molar-refractivity contribution is 5.88. The molecule has 0 saturated carbocycles. The molecule has 0 radical (unpaired) electrons. The number of hydrogen-bond donors (Lipinski definition) is 0. The van der Waals surface area contributed by atoms with Crippen LogP contribution >= 0.6 is 0 Å². The minimum Gasteiger partial charge on any atom is -0.466 e. The van der Waals surface area contributed by atoms with Crippen molar-refractivity contribution in [3.05, 3.63) is 108 Å². The van der Waals surface area contributed by atoms with E-state index in [-0.39, 0.29) is 19.6 Å². The van der Waals surface area contributed by atoms with E-state index in [1.54, 1.807) is 6.92 Å². The zero-order chi connectivity index (χ0) is 23.0. The summed E-state index contributed by atoms with van der Waals surface area (Å²) in [6.07, 6.45) is -0.593. The standard InChI is InChI=1S/C28H25NO4/c1-2-32-27(30)19-26-24(22-14-8-4-9-15-22)18-25(23-16-10-5-11-17-23)29(26)28(31)33-20-21-12-6-3-7-13-21/h3-18H,2,19-20H2,1H3. The fraction of sp³-hybridized carbons (Fsp3) is 0.143. The SMILES string of the molecule is CCOC(=O)Cc1c(-c2ccccc2)cc(-c2ccccc2)n1C(=O)OCc1ccccc1. The summed E-state index contributed by atoms with van der Waals surface area (Å²) in [5.74, 6) is -0.399. The van der Waals surface area contributed by atoms with E-state index in [9.17, 15) is 9.59 Å². The molecule has 4 rings (SSSR count). The minimum atomic E-state index is -0.542. The molecule has 33 heavy (non-hydrogen) atoms. The summed E-state index contributed by atoms with van der Waals surface area (Å²) in [6, 6.07) is 30.7. The van der Waals surface area contributed by atoms with Crippen LogP contribution < -0.4 is 0 Å². The van der Waals surface area contributed by atoms with Crippen molar-refractivity contribution >= 4 is 12.1 Å². The number of benzene rings is 3. The number of aromatic nitrogens is 1. The molecule has 0 N–H and O–H groups in total. The molecule has 0 amide bonds. The molecule has 0 aliphatic carbocycles. The topological polar surface area (TPSA) is 57.5 Å². The molecule has 0 fully saturated rings. The Hall–Kier alpha value is -4.12. The lowest BCUT2D eigenvalue weighted by Crippen LogP contribution is -2.20. The van der Waals surface area contributed by atoms with Gasteiger partial charge in [-0.1, -0.05) is 91.0 Å². The summed E-state index contributed by atoms with van der Waals surface area (Å²) in [5, 5.41) is 0. The van der Waals surface area contributed by atoms with E-state index < -0.39 is 12.1 Å². The third kappa shape index (κ3) is 5.21. The Morgan fingerprint density at radius 3 is 1.94 bits per heavy atom. The summed E-state index contributed by atoms with van der Waals surface area (Å²) >= 11 is 0. The molecule has 0 spiro atoms. The van der Waals surface area contributed by atoms with Gasteiger partial charge in [-0.15, -0.1) is 0 Å². The number of carbonyl (C=O) groups is 2. The summed E-state index contributed by atoms with van der Waals surface area (Å²) in [6.45, 7) is 2.16. The van der Waals surface area contributed by atoms with Crippen LogP contribution in [0.4, 0.5) is 4.79 Å². The fourth-order valence-electron chi connectivity index (χ4n) is 3.75. The second-order valence-corrected chi connectivity index (χ2v) is 7.48. The Kier molecular flexibility index (Phi) is 7.00. The Bertz CT molecular complexity index is 1220. The molecule has 0 saturated heterocycles. The van der Waals surface area contributed by atoms with Gasteiger partial charge in [0.15, 0.2) is 0 Å². The van der Waals surface area contributed by atoms with Crippen molar-refractivity contribution in [3.8, 4) is 22.4 Å².